The Bertz CT molecular complexity index is 848. The molecule has 3 aromatic rings. The van der Waals surface area contributed by atoms with E-state index in [1.54, 1.807) is 23.6 Å². The second-order valence-electron chi connectivity index (χ2n) is 5.61. The van der Waals surface area contributed by atoms with Gasteiger partial charge in [0.15, 0.2) is 12.4 Å². The second kappa shape index (κ2) is 8.98. The largest absolute Gasteiger partial charge is 0.318 e. The average molecular weight is 410 g/mol. The summed E-state index contributed by atoms with van der Waals surface area (Å²) in [6.07, 6.45) is 3.73. The van der Waals surface area contributed by atoms with Crippen LogP contribution in [0.3, 0.4) is 0 Å². The molecule has 1 amide bonds. The number of amides is 1. The van der Waals surface area contributed by atoms with Gasteiger partial charge >= 0.3 is 0 Å². The summed E-state index contributed by atoms with van der Waals surface area (Å²) in [4.78, 5) is 12.2. The summed E-state index contributed by atoms with van der Waals surface area (Å²) < 4.78 is 15.6. The van der Waals surface area contributed by atoms with Crippen LogP contribution in [0.5, 0.6) is 0 Å². The van der Waals surface area contributed by atoms with Crippen molar-refractivity contribution in [3.63, 3.8) is 0 Å². The van der Waals surface area contributed by atoms with Gasteiger partial charge in [0.05, 0.1) is 5.69 Å². The van der Waals surface area contributed by atoms with E-state index in [0.29, 0.717) is 5.56 Å². The molecule has 0 aliphatic rings. The molecule has 5 heteroatoms. The Morgan fingerprint density at radius 2 is 1.72 bits per heavy atom. The van der Waals surface area contributed by atoms with Crippen LogP contribution in [-0.4, -0.2) is 5.91 Å². The number of pyridine rings is 1. The average Bonchev–Trinajstić information content (AvgIpc) is 2.59. The van der Waals surface area contributed by atoms with E-state index in [4.69, 9.17) is 0 Å². The predicted molar refractivity (Wildman–Crippen MR) is 91.8 cm³/mol. The van der Waals surface area contributed by atoms with Crippen molar-refractivity contribution >= 4 is 11.6 Å². The molecular weight excluding hydrogens is 392 g/mol. The predicted octanol–water partition coefficient (Wildman–Crippen LogP) is 3.72. The van der Waals surface area contributed by atoms with Gasteiger partial charge in [0.25, 0.3) is 5.91 Å². The molecule has 0 spiro atoms. The molecular formula is C20H18FN2OY+. The summed E-state index contributed by atoms with van der Waals surface area (Å²) in [6.45, 7) is 1.89. The van der Waals surface area contributed by atoms with E-state index in [1.807, 2.05) is 54.9 Å². The third kappa shape index (κ3) is 5.03. The van der Waals surface area contributed by atoms with Crippen LogP contribution in [0.1, 0.15) is 5.56 Å². The number of rotatable bonds is 4. The first-order chi connectivity index (χ1) is 11.6. The van der Waals surface area contributed by atoms with Gasteiger partial charge < -0.3 is 5.32 Å². The van der Waals surface area contributed by atoms with Crippen LogP contribution in [0.15, 0.2) is 73.1 Å². The molecule has 3 rings (SSSR count). The number of carbonyl (C=O) groups is 1. The molecule has 0 unspecified atom stereocenters. The minimum absolute atomic E-state index is 0. The van der Waals surface area contributed by atoms with Crippen LogP contribution >= 0.6 is 0 Å². The summed E-state index contributed by atoms with van der Waals surface area (Å²) in [5, 5.41) is 2.65. The Kier molecular flexibility index (Phi) is 6.97. The van der Waals surface area contributed by atoms with Crippen LogP contribution in [0.25, 0.3) is 11.1 Å². The standard InChI is InChI=1S/C20H17FN2O.Y/c1-15-7-5-11-18(21)20(15)22-19(24)14-23-12-6-10-17(13-23)16-8-3-2-4-9-16;/h2-13H,14H2,1H3;/p+1. The molecule has 0 aliphatic heterocycles. The molecule has 3 nitrogen and oxygen atoms in total. The van der Waals surface area contributed by atoms with Gasteiger partial charge in [-0.15, -0.1) is 0 Å². The van der Waals surface area contributed by atoms with Crippen molar-refractivity contribution in [2.24, 2.45) is 0 Å². The van der Waals surface area contributed by atoms with Crippen LogP contribution in [0.2, 0.25) is 0 Å². The fourth-order valence-electron chi connectivity index (χ4n) is 2.56. The number of nitrogens with zero attached hydrogens (tertiary/aromatic N) is 1. The monoisotopic (exact) mass is 410 g/mol. The first kappa shape index (κ1) is 19.4. The van der Waals surface area contributed by atoms with Crippen LogP contribution < -0.4 is 9.88 Å². The molecule has 2 aromatic carbocycles. The number of aromatic nitrogens is 1. The van der Waals surface area contributed by atoms with Gasteiger partial charge in [-0.25, -0.2) is 4.39 Å². The van der Waals surface area contributed by atoms with Gasteiger partial charge in [-0.1, -0.05) is 42.5 Å². The smallest absolute Gasteiger partial charge is 0.290 e. The van der Waals surface area contributed by atoms with Gasteiger partial charge in [0.1, 0.15) is 5.82 Å². The minimum atomic E-state index is -0.425. The van der Waals surface area contributed by atoms with Crippen molar-refractivity contribution in [1.29, 1.82) is 0 Å². The number of hydrogen-bond donors (Lipinski definition) is 1. The number of halogens is 1. The van der Waals surface area contributed by atoms with Gasteiger partial charge in [-0.2, -0.15) is 4.57 Å². The molecule has 1 aromatic heterocycles. The fraction of sp³-hybridized carbons (Fsp3) is 0.100. The summed E-state index contributed by atoms with van der Waals surface area (Å²) >= 11 is 0. The molecule has 0 aliphatic carbocycles. The third-order valence-corrected chi connectivity index (χ3v) is 3.78. The maximum atomic E-state index is 13.8. The van der Waals surface area contributed by atoms with E-state index in [0.717, 1.165) is 11.1 Å². The first-order valence-electron chi connectivity index (χ1n) is 7.73. The Labute approximate surface area is 171 Å². The number of anilines is 1. The molecule has 0 saturated carbocycles. The molecule has 0 fully saturated rings. The van der Waals surface area contributed by atoms with Crippen molar-refractivity contribution in [2.45, 2.75) is 13.5 Å². The summed E-state index contributed by atoms with van der Waals surface area (Å²) in [6, 6.07) is 18.6. The van der Waals surface area contributed by atoms with Gasteiger partial charge in [-0.05, 0) is 30.2 Å². The van der Waals surface area contributed by atoms with E-state index in [9.17, 15) is 9.18 Å². The quantitative estimate of drug-likeness (QED) is 0.654. The fourth-order valence-corrected chi connectivity index (χ4v) is 2.56. The van der Waals surface area contributed by atoms with Crippen molar-refractivity contribution in [3.05, 3.63) is 84.4 Å². The number of hydrogen-bond acceptors (Lipinski definition) is 1. The minimum Gasteiger partial charge on any atom is -0.318 e. The van der Waals surface area contributed by atoms with E-state index in [-0.39, 0.29) is 50.8 Å². The molecule has 0 atom stereocenters. The van der Waals surface area contributed by atoms with Gasteiger partial charge in [0, 0.05) is 44.3 Å². The zero-order valence-electron chi connectivity index (χ0n) is 13.9. The van der Waals surface area contributed by atoms with Crippen molar-refractivity contribution in [2.75, 3.05) is 5.32 Å². The first-order valence-corrected chi connectivity index (χ1v) is 7.73. The van der Waals surface area contributed by atoms with Crippen LogP contribution in [0, 0.1) is 12.7 Å². The maximum absolute atomic E-state index is 13.8. The number of para-hydroxylation sites is 1. The number of aryl methyl sites for hydroxylation is 1. The molecule has 0 saturated heterocycles. The summed E-state index contributed by atoms with van der Waals surface area (Å²) in [5.41, 5.74) is 3.04. The Morgan fingerprint density at radius 3 is 2.44 bits per heavy atom. The van der Waals surface area contributed by atoms with Gasteiger partial charge in [0.2, 0.25) is 6.54 Å². The maximum Gasteiger partial charge on any atom is 0.290 e. The Hall–Kier alpha value is -1.91. The number of nitrogens with one attached hydrogen (secondary N) is 1. The molecule has 0 bridgehead atoms. The van der Waals surface area contributed by atoms with Crippen molar-refractivity contribution in [1.82, 2.24) is 0 Å². The van der Waals surface area contributed by atoms with Crippen LogP contribution in [0.4, 0.5) is 10.1 Å². The molecule has 1 radical (unpaired) electrons. The Morgan fingerprint density at radius 1 is 1.00 bits per heavy atom. The van der Waals surface area contributed by atoms with Crippen LogP contribution in [-0.2, 0) is 44.0 Å². The molecule has 123 valence electrons. The van der Waals surface area contributed by atoms with E-state index in [2.05, 4.69) is 5.32 Å². The van der Waals surface area contributed by atoms with E-state index in [1.165, 1.54) is 6.07 Å². The van der Waals surface area contributed by atoms with E-state index < -0.39 is 5.82 Å². The third-order valence-electron chi connectivity index (χ3n) is 3.78. The molecule has 1 N–H and O–H groups in total. The second-order valence-corrected chi connectivity index (χ2v) is 5.61. The normalized spacial score (nSPS) is 10.0. The molecule has 1 heterocycles. The zero-order chi connectivity index (χ0) is 16.9. The Balaban J connectivity index is 0.00000225. The number of benzene rings is 2. The topological polar surface area (TPSA) is 33.0 Å². The van der Waals surface area contributed by atoms with E-state index >= 15 is 0 Å². The summed E-state index contributed by atoms with van der Waals surface area (Å²) in [7, 11) is 0. The van der Waals surface area contributed by atoms with Crippen molar-refractivity contribution in [3.8, 4) is 11.1 Å². The van der Waals surface area contributed by atoms with Crippen molar-refractivity contribution < 1.29 is 46.5 Å². The SMILES string of the molecule is Cc1cccc(F)c1NC(=O)C[n+]1cccc(-c2ccccc2)c1.[Y]. The molecule has 25 heavy (non-hydrogen) atoms. The zero-order valence-corrected chi connectivity index (χ0v) is 16.8. The van der Waals surface area contributed by atoms with Gasteiger partial charge in [-0.3, -0.25) is 4.79 Å². The summed E-state index contributed by atoms with van der Waals surface area (Å²) in [5.74, 6) is -0.690. The number of carbonyl (C=O) groups excluding carboxylic acids is 1.